The summed E-state index contributed by atoms with van der Waals surface area (Å²) >= 11 is 0. The average molecular weight is 533 g/mol. The van der Waals surface area contributed by atoms with Gasteiger partial charge in [0, 0.05) is 17.4 Å². The Labute approximate surface area is 224 Å². The number of carbonyl (C=O) groups is 3. The summed E-state index contributed by atoms with van der Waals surface area (Å²) in [5, 5.41) is 53.4. The third-order valence-corrected chi connectivity index (χ3v) is 11.6. The lowest BCUT2D eigenvalue weighted by Crippen LogP contribution is -2.60. The largest absolute Gasteiger partial charge is 0.481 e. The molecule has 10 atom stereocenters. The Balaban J connectivity index is 1.80. The Hall–Kier alpha value is -1.87. The Morgan fingerprint density at radius 1 is 1.03 bits per heavy atom. The standard InChI is InChI=1S/C30H44O8/c1-14(10-18(32)25(36)15(2)26(37)38)16-11-22(35)30(7)24-17(31)12-20-27(3,4)21(34)8-9-28(20,5)23(24)19(33)13-29(16,30)6/h10,15-17,20-22,25,31,34-36H,8-9,11-13H2,1-7H3,(H,37,38)/b14-10+/t15-,16-,17+,20-,21+,22+,25-,28+,29-,30+/m1/s1. The summed E-state index contributed by atoms with van der Waals surface area (Å²) < 4.78 is 0. The Morgan fingerprint density at radius 2 is 1.63 bits per heavy atom. The van der Waals surface area contributed by atoms with Crippen LogP contribution in [0.4, 0.5) is 0 Å². The number of aliphatic hydroxyl groups is 4. The first-order valence-electron chi connectivity index (χ1n) is 13.8. The number of hydrogen-bond donors (Lipinski definition) is 5. The molecule has 0 unspecified atom stereocenters. The highest BCUT2D eigenvalue weighted by molar-refractivity contribution is 6.00. The van der Waals surface area contributed by atoms with Crippen LogP contribution in [0, 0.1) is 39.4 Å². The van der Waals surface area contributed by atoms with Gasteiger partial charge in [0.25, 0.3) is 0 Å². The van der Waals surface area contributed by atoms with E-state index < -0.39 is 63.7 Å². The van der Waals surface area contributed by atoms with Gasteiger partial charge < -0.3 is 25.5 Å². The molecule has 8 nitrogen and oxygen atoms in total. The number of carboxylic acids is 1. The molecule has 4 aliphatic rings. The van der Waals surface area contributed by atoms with Gasteiger partial charge in [-0.25, -0.2) is 0 Å². The lowest BCUT2D eigenvalue weighted by Gasteiger charge is -2.62. The average Bonchev–Trinajstić information content (AvgIpc) is 3.03. The molecule has 0 radical (unpaired) electrons. The van der Waals surface area contributed by atoms with Crippen LogP contribution in [0.1, 0.15) is 80.6 Å². The number of Topliss-reactive ketones (excluding diaryl/α,β-unsaturated/α-hetero) is 1. The predicted molar refractivity (Wildman–Crippen MR) is 140 cm³/mol. The van der Waals surface area contributed by atoms with Gasteiger partial charge in [-0.05, 0) is 79.3 Å². The number of aliphatic hydroxyl groups excluding tert-OH is 4. The Bertz CT molecular complexity index is 1120. The van der Waals surface area contributed by atoms with Crippen LogP contribution in [0.25, 0.3) is 0 Å². The highest BCUT2D eigenvalue weighted by atomic mass is 16.4. The van der Waals surface area contributed by atoms with Gasteiger partial charge in [-0.2, -0.15) is 0 Å². The zero-order chi connectivity index (χ0) is 28.7. The second kappa shape index (κ2) is 9.08. The zero-order valence-electron chi connectivity index (χ0n) is 23.6. The van der Waals surface area contributed by atoms with Crippen LogP contribution < -0.4 is 0 Å². The Kier molecular flexibility index (Phi) is 6.96. The first kappa shape index (κ1) is 29.1. The summed E-state index contributed by atoms with van der Waals surface area (Å²) in [6.07, 6.45) is -0.816. The maximum absolute atomic E-state index is 14.1. The van der Waals surface area contributed by atoms with Gasteiger partial charge >= 0.3 is 5.97 Å². The van der Waals surface area contributed by atoms with Crippen molar-refractivity contribution in [2.75, 3.05) is 0 Å². The molecule has 0 amide bonds. The van der Waals surface area contributed by atoms with E-state index in [1.54, 1.807) is 6.92 Å². The minimum absolute atomic E-state index is 0.0591. The van der Waals surface area contributed by atoms with Crippen LogP contribution in [-0.2, 0) is 14.4 Å². The molecule has 0 aromatic heterocycles. The molecule has 212 valence electrons. The SMILES string of the molecule is C/C(=C\C(=O)[C@H](O)[C@@H](C)C(=O)O)[C@H]1C[C@H](O)[C@@]2(C)C3=C(C(=O)C[C@]12C)[C@@]1(C)CC[C@H](O)C(C)(C)[C@H]1C[C@@H]3O. The van der Waals surface area contributed by atoms with Crippen molar-refractivity contribution < 1.29 is 39.9 Å². The quantitative estimate of drug-likeness (QED) is 0.339. The van der Waals surface area contributed by atoms with Crippen molar-refractivity contribution in [1.82, 2.24) is 0 Å². The highest BCUT2D eigenvalue weighted by Gasteiger charge is 2.69. The molecule has 0 aliphatic heterocycles. The van der Waals surface area contributed by atoms with Gasteiger partial charge in [-0.3, -0.25) is 14.4 Å². The van der Waals surface area contributed by atoms with E-state index in [1.165, 1.54) is 13.0 Å². The predicted octanol–water partition coefficient (Wildman–Crippen LogP) is 2.81. The van der Waals surface area contributed by atoms with E-state index in [2.05, 4.69) is 6.92 Å². The second-order valence-corrected chi connectivity index (χ2v) is 13.8. The molecule has 0 heterocycles. The van der Waals surface area contributed by atoms with Crippen LogP contribution >= 0.6 is 0 Å². The second-order valence-electron chi connectivity index (χ2n) is 13.8. The zero-order valence-corrected chi connectivity index (χ0v) is 23.6. The van der Waals surface area contributed by atoms with Gasteiger partial charge in [0.15, 0.2) is 11.6 Å². The van der Waals surface area contributed by atoms with Crippen molar-refractivity contribution in [3.05, 3.63) is 22.8 Å². The fourth-order valence-electron chi connectivity index (χ4n) is 8.95. The molecule has 0 bridgehead atoms. The first-order chi connectivity index (χ1) is 17.4. The molecule has 0 saturated heterocycles. The van der Waals surface area contributed by atoms with Crippen LogP contribution in [0.15, 0.2) is 22.8 Å². The number of rotatable bonds is 5. The molecule has 0 spiro atoms. The number of ketones is 2. The number of hydrogen-bond acceptors (Lipinski definition) is 7. The number of carbonyl (C=O) groups excluding carboxylic acids is 2. The number of aliphatic carboxylic acids is 1. The van der Waals surface area contributed by atoms with Crippen LogP contribution in [0.2, 0.25) is 0 Å². The summed E-state index contributed by atoms with van der Waals surface area (Å²) in [5.74, 6) is -3.82. The van der Waals surface area contributed by atoms with Gasteiger partial charge in [0.1, 0.15) is 6.10 Å². The van der Waals surface area contributed by atoms with E-state index in [9.17, 15) is 39.9 Å². The van der Waals surface area contributed by atoms with Crippen molar-refractivity contribution in [3.8, 4) is 0 Å². The highest BCUT2D eigenvalue weighted by Crippen LogP contribution is 2.71. The number of allylic oxidation sites excluding steroid dienone is 2. The summed E-state index contributed by atoms with van der Waals surface area (Å²) in [5.41, 5.74) is -0.960. The van der Waals surface area contributed by atoms with Gasteiger partial charge in [-0.15, -0.1) is 0 Å². The summed E-state index contributed by atoms with van der Waals surface area (Å²) in [6, 6.07) is 0. The van der Waals surface area contributed by atoms with E-state index in [0.717, 1.165) is 0 Å². The van der Waals surface area contributed by atoms with Crippen LogP contribution in [0.5, 0.6) is 0 Å². The smallest absolute Gasteiger partial charge is 0.309 e. The summed E-state index contributed by atoms with van der Waals surface area (Å²) in [4.78, 5) is 38.1. The van der Waals surface area contributed by atoms with Gasteiger partial charge in [0.05, 0.1) is 24.2 Å². The van der Waals surface area contributed by atoms with E-state index >= 15 is 0 Å². The fraction of sp³-hybridized carbons (Fsp3) is 0.767. The number of carboxylic acid groups (broad SMARTS) is 1. The maximum Gasteiger partial charge on any atom is 0.309 e. The molecule has 2 fully saturated rings. The summed E-state index contributed by atoms with van der Waals surface area (Å²) in [6.45, 7) is 12.9. The third kappa shape index (κ3) is 3.74. The molecule has 0 aromatic rings. The van der Waals surface area contributed by atoms with Crippen LogP contribution in [-0.4, -0.2) is 67.5 Å². The van der Waals surface area contributed by atoms with E-state index in [4.69, 9.17) is 0 Å². The molecular weight excluding hydrogens is 488 g/mol. The maximum atomic E-state index is 14.1. The van der Waals surface area contributed by atoms with Crippen LogP contribution in [0.3, 0.4) is 0 Å². The lowest BCUT2D eigenvalue weighted by molar-refractivity contribution is -0.148. The molecule has 5 N–H and O–H groups in total. The molecule has 38 heavy (non-hydrogen) atoms. The van der Waals surface area contributed by atoms with E-state index in [1.807, 2.05) is 27.7 Å². The third-order valence-electron chi connectivity index (χ3n) is 11.6. The topological polar surface area (TPSA) is 152 Å². The first-order valence-corrected chi connectivity index (χ1v) is 13.8. The van der Waals surface area contributed by atoms with Crippen molar-refractivity contribution in [3.63, 3.8) is 0 Å². The normalized spacial score (nSPS) is 44.1. The van der Waals surface area contributed by atoms with E-state index in [0.29, 0.717) is 36.0 Å². The molecule has 4 aliphatic carbocycles. The van der Waals surface area contributed by atoms with Crippen molar-refractivity contribution in [1.29, 1.82) is 0 Å². The monoisotopic (exact) mass is 532 g/mol. The van der Waals surface area contributed by atoms with E-state index in [-0.39, 0.29) is 30.5 Å². The molecule has 2 saturated carbocycles. The minimum atomic E-state index is -1.70. The molecule has 4 rings (SSSR count). The molecule has 8 heteroatoms. The van der Waals surface area contributed by atoms with Gasteiger partial charge in [-0.1, -0.05) is 40.2 Å². The Morgan fingerprint density at radius 3 is 2.21 bits per heavy atom. The summed E-state index contributed by atoms with van der Waals surface area (Å²) in [7, 11) is 0. The molecule has 0 aromatic carbocycles. The number of fused-ring (bicyclic) bond motifs is 4. The van der Waals surface area contributed by atoms with Crippen molar-refractivity contribution >= 4 is 17.5 Å². The van der Waals surface area contributed by atoms with Crippen molar-refractivity contribution in [2.45, 2.75) is 105 Å². The van der Waals surface area contributed by atoms with Gasteiger partial charge in [0.2, 0.25) is 0 Å². The van der Waals surface area contributed by atoms with Crippen molar-refractivity contribution in [2.24, 2.45) is 39.4 Å². The molecular formula is C30H44O8. The lowest BCUT2D eigenvalue weighted by atomic mass is 9.42. The minimum Gasteiger partial charge on any atom is -0.481 e. The fourth-order valence-corrected chi connectivity index (χ4v) is 8.95.